The highest BCUT2D eigenvalue weighted by Gasteiger charge is 2.00. The third-order valence-electron chi connectivity index (χ3n) is 1.51. The van der Waals surface area contributed by atoms with Crippen LogP contribution in [0.1, 0.15) is 5.69 Å². The summed E-state index contributed by atoms with van der Waals surface area (Å²) in [6.07, 6.45) is 7.54. The molecule has 1 heterocycles. The molecule has 0 saturated heterocycles. The molecule has 0 aromatic carbocycles. The van der Waals surface area contributed by atoms with E-state index in [1.807, 2.05) is 30.0 Å². The van der Waals surface area contributed by atoms with Crippen molar-refractivity contribution in [1.29, 1.82) is 0 Å². The van der Waals surface area contributed by atoms with Crippen molar-refractivity contribution in [2.45, 2.75) is 6.92 Å². The summed E-state index contributed by atoms with van der Waals surface area (Å²) in [5.41, 5.74) is 1.14. The second kappa shape index (κ2) is 4.16. The van der Waals surface area contributed by atoms with Crippen molar-refractivity contribution in [1.82, 2.24) is 9.78 Å². The lowest BCUT2D eigenvalue weighted by atomic mass is 10.5. The van der Waals surface area contributed by atoms with Crippen LogP contribution in [0.3, 0.4) is 0 Å². The maximum Gasteiger partial charge on any atom is 0.0975 e. The van der Waals surface area contributed by atoms with Gasteiger partial charge in [0, 0.05) is 11.9 Å². The van der Waals surface area contributed by atoms with Crippen molar-refractivity contribution >= 4 is 16.8 Å². The molecule has 1 aromatic rings. The normalized spacial score (nSPS) is 11.7. The fourth-order valence-electron chi connectivity index (χ4n) is 0.926. The highest BCUT2D eigenvalue weighted by Crippen LogP contribution is 2.18. The monoisotopic (exact) mass is 180 g/mol. The molecular formula is C9H12N2S. The van der Waals surface area contributed by atoms with E-state index in [1.165, 1.54) is 0 Å². The van der Waals surface area contributed by atoms with E-state index in [0.29, 0.717) is 0 Å². The van der Waals surface area contributed by atoms with E-state index in [-0.39, 0.29) is 0 Å². The Kier molecular flexibility index (Phi) is 3.17. The van der Waals surface area contributed by atoms with Gasteiger partial charge in [0.2, 0.25) is 0 Å². The van der Waals surface area contributed by atoms with E-state index in [0.717, 1.165) is 10.7 Å². The van der Waals surface area contributed by atoms with Crippen LogP contribution < -0.4 is 0 Å². The first-order valence-corrected chi connectivity index (χ1v) is 4.89. The summed E-state index contributed by atoms with van der Waals surface area (Å²) in [5, 5.41) is 5.28. The van der Waals surface area contributed by atoms with Crippen LogP contribution in [0.4, 0.5) is 0 Å². The molecule has 1 rings (SSSR count). The van der Waals surface area contributed by atoms with Crippen LogP contribution in [0, 0.1) is 6.92 Å². The van der Waals surface area contributed by atoms with Gasteiger partial charge in [0.25, 0.3) is 0 Å². The molecular weight excluding hydrogens is 168 g/mol. The van der Waals surface area contributed by atoms with E-state index in [4.69, 9.17) is 0 Å². The third kappa shape index (κ3) is 1.80. The molecule has 1 aromatic heterocycles. The first kappa shape index (κ1) is 9.13. The molecule has 3 heteroatoms. The molecule has 0 aliphatic heterocycles. The van der Waals surface area contributed by atoms with Gasteiger partial charge in [-0.2, -0.15) is 5.10 Å². The van der Waals surface area contributed by atoms with Crippen molar-refractivity contribution in [3.63, 3.8) is 0 Å². The molecule has 0 amide bonds. The molecule has 0 spiro atoms. The first-order valence-electron chi connectivity index (χ1n) is 3.67. The van der Waals surface area contributed by atoms with E-state index < -0.39 is 0 Å². The fraction of sp³-hybridized carbons (Fsp3) is 0.222. The number of aryl methyl sites for hydroxylation is 1. The van der Waals surface area contributed by atoms with Gasteiger partial charge in [-0.25, -0.2) is 4.68 Å². The smallest absolute Gasteiger partial charge is 0.0975 e. The molecule has 0 aliphatic rings. The standard InChI is InChI=1S/C9H12N2S/c1-4-5-9(12-3)11-8(2)6-7-10-11/h4-7H,1H2,2-3H3/b9-5+. The Bertz CT molecular complexity index is 299. The number of thioether (sulfide) groups is 1. The minimum Gasteiger partial charge on any atom is -0.232 e. The highest BCUT2D eigenvalue weighted by molar-refractivity contribution is 8.07. The zero-order chi connectivity index (χ0) is 8.97. The van der Waals surface area contributed by atoms with Crippen LogP contribution in [0.2, 0.25) is 0 Å². The van der Waals surface area contributed by atoms with Gasteiger partial charge < -0.3 is 0 Å². The lowest BCUT2D eigenvalue weighted by molar-refractivity contribution is 0.889. The number of nitrogens with zero attached hydrogens (tertiary/aromatic N) is 2. The molecule has 12 heavy (non-hydrogen) atoms. The SMILES string of the molecule is C=C/C=C(/SC)n1nccc1C. The van der Waals surface area contributed by atoms with E-state index in [1.54, 1.807) is 24.0 Å². The van der Waals surface area contributed by atoms with Crippen molar-refractivity contribution in [2.75, 3.05) is 6.26 Å². The Labute approximate surface area is 77.0 Å². The van der Waals surface area contributed by atoms with Crippen molar-refractivity contribution in [2.24, 2.45) is 0 Å². The topological polar surface area (TPSA) is 17.8 Å². The van der Waals surface area contributed by atoms with Gasteiger partial charge in [-0.05, 0) is 25.3 Å². The number of aromatic nitrogens is 2. The largest absolute Gasteiger partial charge is 0.232 e. The van der Waals surface area contributed by atoms with E-state index in [2.05, 4.69) is 11.7 Å². The predicted molar refractivity (Wildman–Crippen MR) is 54.9 cm³/mol. The Balaban J connectivity index is 3.02. The van der Waals surface area contributed by atoms with Crippen molar-refractivity contribution in [3.8, 4) is 0 Å². The molecule has 0 N–H and O–H groups in total. The maximum atomic E-state index is 4.19. The van der Waals surface area contributed by atoms with Crippen LogP contribution in [-0.4, -0.2) is 16.0 Å². The van der Waals surface area contributed by atoms with Crippen molar-refractivity contribution in [3.05, 3.63) is 36.7 Å². The summed E-state index contributed by atoms with van der Waals surface area (Å²) >= 11 is 1.66. The summed E-state index contributed by atoms with van der Waals surface area (Å²) in [7, 11) is 0. The second-order valence-corrected chi connectivity index (χ2v) is 3.16. The lowest BCUT2D eigenvalue weighted by Gasteiger charge is -2.04. The molecule has 0 unspecified atom stereocenters. The summed E-state index contributed by atoms with van der Waals surface area (Å²) in [6.45, 7) is 5.69. The van der Waals surface area contributed by atoms with Crippen LogP contribution >= 0.6 is 11.8 Å². The van der Waals surface area contributed by atoms with Crippen LogP contribution in [-0.2, 0) is 0 Å². The van der Waals surface area contributed by atoms with Gasteiger partial charge in [-0.3, -0.25) is 0 Å². The molecule has 0 bridgehead atoms. The maximum absolute atomic E-state index is 4.19. The Morgan fingerprint density at radius 2 is 2.50 bits per heavy atom. The molecule has 0 atom stereocenters. The lowest BCUT2D eigenvalue weighted by Crippen LogP contribution is -1.97. The molecule has 0 saturated carbocycles. The van der Waals surface area contributed by atoms with Gasteiger partial charge >= 0.3 is 0 Å². The number of rotatable bonds is 3. The summed E-state index contributed by atoms with van der Waals surface area (Å²) in [5.74, 6) is 0. The minimum atomic E-state index is 1.09. The van der Waals surface area contributed by atoms with Gasteiger partial charge in [-0.15, -0.1) is 11.8 Å². The zero-order valence-electron chi connectivity index (χ0n) is 7.32. The Morgan fingerprint density at radius 1 is 1.75 bits per heavy atom. The van der Waals surface area contributed by atoms with Gasteiger partial charge in [0.1, 0.15) is 0 Å². The Morgan fingerprint density at radius 3 is 2.92 bits per heavy atom. The number of hydrogen-bond acceptors (Lipinski definition) is 2. The molecule has 64 valence electrons. The summed E-state index contributed by atoms with van der Waals surface area (Å²) in [4.78, 5) is 0. The fourth-order valence-corrected chi connectivity index (χ4v) is 1.52. The average molecular weight is 180 g/mol. The van der Waals surface area contributed by atoms with Crippen LogP contribution in [0.5, 0.6) is 0 Å². The quantitative estimate of drug-likeness (QED) is 0.665. The minimum absolute atomic E-state index is 1.09. The molecule has 0 aliphatic carbocycles. The summed E-state index contributed by atoms with van der Waals surface area (Å²) < 4.78 is 1.90. The Hall–Kier alpha value is -0.960. The predicted octanol–water partition coefficient (Wildman–Crippen LogP) is 2.54. The third-order valence-corrected chi connectivity index (χ3v) is 2.24. The number of hydrogen-bond donors (Lipinski definition) is 0. The molecule has 0 radical (unpaired) electrons. The van der Waals surface area contributed by atoms with Gasteiger partial charge in [0.05, 0.1) is 5.03 Å². The van der Waals surface area contributed by atoms with E-state index >= 15 is 0 Å². The second-order valence-electron chi connectivity index (χ2n) is 2.33. The van der Waals surface area contributed by atoms with Gasteiger partial charge in [0.15, 0.2) is 0 Å². The zero-order valence-corrected chi connectivity index (χ0v) is 8.14. The average Bonchev–Trinajstić information content (AvgIpc) is 2.47. The van der Waals surface area contributed by atoms with Gasteiger partial charge in [-0.1, -0.05) is 12.7 Å². The molecule has 2 nitrogen and oxygen atoms in total. The summed E-state index contributed by atoms with van der Waals surface area (Å²) in [6, 6.07) is 1.98. The number of allylic oxidation sites excluding steroid dienone is 2. The van der Waals surface area contributed by atoms with Crippen molar-refractivity contribution < 1.29 is 0 Å². The first-order chi connectivity index (χ1) is 5.79. The highest BCUT2D eigenvalue weighted by atomic mass is 32.2. The van der Waals surface area contributed by atoms with Crippen LogP contribution in [0.15, 0.2) is 31.0 Å². The van der Waals surface area contributed by atoms with E-state index in [9.17, 15) is 0 Å². The van der Waals surface area contributed by atoms with Crippen LogP contribution in [0.25, 0.3) is 5.03 Å². The molecule has 0 fully saturated rings.